The van der Waals surface area contributed by atoms with E-state index in [1.807, 2.05) is 24.3 Å². The van der Waals surface area contributed by atoms with Gasteiger partial charge in [0.2, 0.25) is 5.91 Å². The number of fused-ring (bicyclic) bond motifs is 1. The Morgan fingerprint density at radius 3 is 2.94 bits per heavy atom. The van der Waals surface area contributed by atoms with Gasteiger partial charge in [0.1, 0.15) is 6.33 Å². The highest BCUT2D eigenvalue weighted by atomic mass is 16.2. The number of para-hydroxylation sites is 2. The summed E-state index contributed by atoms with van der Waals surface area (Å²) < 4.78 is 1.68. The lowest BCUT2D eigenvalue weighted by atomic mass is 10.1. The van der Waals surface area contributed by atoms with Crippen molar-refractivity contribution in [2.24, 2.45) is 5.92 Å². The van der Waals surface area contributed by atoms with Crippen LogP contribution in [0.2, 0.25) is 0 Å². The topological polar surface area (TPSA) is 46.9 Å². The molecule has 0 fully saturated rings. The van der Waals surface area contributed by atoms with Gasteiger partial charge in [-0.05, 0) is 24.5 Å². The molecule has 2 rings (SSSR count). The Hall–Kier alpha value is -1.84. The first-order valence-electron chi connectivity index (χ1n) is 5.89. The molecular formula is C13H17N3O. The monoisotopic (exact) mass is 231 g/mol. The standard InChI is InChI=1S/C13H17N3O/c1-10(2)7-8-13(17)15-16-9-14-11-5-3-4-6-12(11)16/h3-6,9-10H,7-8H2,1-2H3,(H,15,17). The molecule has 17 heavy (non-hydrogen) atoms. The SMILES string of the molecule is CC(C)CCC(=O)Nn1cnc2ccccc21. The summed E-state index contributed by atoms with van der Waals surface area (Å²) in [6.45, 7) is 4.22. The van der Waals surface area contributed by atoms with Crippen LogP contribution in [0.1, 0.15) is 26.7 Å². The molecule has 1 N–H and O–H groups in total. The van der Waals surface area contributed by atoms with Crippen LogP contribution in [0, 0.1) is 5.92 Å². The number of imidazole rings is 1. The van der Waals surface area contributed by atoms with E-state index in [9.17, 15) is 4.79 Å². The number of aromatic nitrogens is 2. The summed E-state index contributed by atoms with van der Waals surface area (Å²) in [5.74, 6) is 0.571. The Balaban J connectivity index is 2.06. The molecule has 0 atom stereocenters. The van der Waals surface area contributed by atoms with Crippen molar-refractivity contribution in [2.45, 2.75) is 26.7 Å². The molecule has 0 radical (unpaired) electrons. The van der Waals surface area contributed by atoms with E-state index in [4.69, 9.17) is 0 Å². The van der Waals surface area contributed by atoms with Gasteiger partial charge in [0.05, 0.1) is 11.0 Å². The maximum Gasteiger partial charge on any atom is 0.238 e. The van der Waals surface area contributed by atoms with Gasteiger partial charge in [0.25, 0.3) is 0 Å². The number of carbonyl (C=O) groups excluding carboxylic acids is 1. The van der Waals surface area contributed by atoms with E-state index >= 15 is 0 Å². The molecule has 4 heteroatoms. The van der Waals surface area contributed by atoms with Gasteiger partial charge in [-0.1, -0.05) is 26.0 Å². The molecule has 0 saturated carbocycles. The van der Waals surface area contributed by atoms with Crippen LogP contribution in [0.5, 0.6) is 0 Å². The number of carbonyl (C=O) groups is 1. The van der Waals surface area contributed by atoms with E-state index in [0.717, 1.165) is 17.5 Å². The normalized spacial score (nSPS) is 11.0. The number of nitrogens with one attached hydrogen (secondary N) is 1. The van der Waals surface area contributed by atoms with E-state index in [-0.39, 0.29) is 5.91 Å². The Bertz CT molecular complexity index is 516. The van der Waals surface area contributed by atoms with Crippen molar-refractivity contribution in [3.63, 3.8) is 0 Å². The highest BCUT2D eigenvalue weighted by molar-refractivity contribution is 5.86. The summed E-state index contributed by atoms with van der Waals surface area (Å²) in [4.78, 5) is 15.9. The molecule has 0 aliphatic carbocycles. The van der Waals surface area contributed by atoms with Gasteiger partial charge in [-0.25, -0.2) is 9.66 Å². The van der Waals surface area contributed by atoms with Crippen molar-refractivity contribution in [1.82, 2.24) is 9.66 Å². The second kappa shape index (κ2) is 4.99. The van der Waals surface area contributed by atoms with Crippen LogP contribution in [0.25, 0.3) is 11.0 Å². The Kier molecular flexibility index (Phi) is 3.42. The Morgan fingerprint density at radius 1 is 1.41 bits per heavy atom. The second-order valence-electron chi connectivity index (χ2n) is 4.57. The summed E-state index contributed by atoms with van der Waals surface area (Å²) in [5, 5.41) is 0. The highest BCUT2D eigenvalue weighted by Crippen LogP contribution is 2.10. The Labute approximate surface area is 101 Å². The molecule has 0 spiro atoms. The summed E-state index contributed by atoms with van der Waals surface area (Å²) in [7, 11) is 0. The fourth-order valence-corrected chi connectivity index (χ4v) is 1.66. The van der Waals surface area contributed by atoms with E-state index in [0.29, 0.717) is 12.3 Å². The van der Waals surface area contributed by atoms with E-state index < -0.39 is 0 Å². The van der Waals surface area contributed by atoms with Crippen molar-refractivity contribution in [1.29, 1.82) is 0 Å². The van der Waals surface area contributed by atoms with Gasteiger partial charge < -0.3 is 0 Å². The minimum absolute atomic E-state index is 0.0295. The smallest absolute Gasteiger partial charge is 0.238 e. The third-order valence-electron chi connectivity index (χ3n) is 2.65. The molecular weight excluding hydrogens is 214 g/mol. The second-order valence-corrected chi connectivity index (χ2v) is 4.57. The molecule has 1 amide bonds. The summed E-state index contributed by atoms with van der Waals surface area (Å²) in [6.07, 6.45) is 3.08. The third kappa shape index (κ3) is 2.84. The molecule has 0 saturated heterocycles. The third-order valence-corrected chi connectivity index (χ3v) is 2.65. The molecule has 1 heterocycles. The van der Waals surface area contributed by atoms with Crippen LogP contribution in [-0.4, -0.2) is 15.6 Å². The van der Waals surface area contributed by atoms with Gasteiger partial charge >= 0.3 is 0 Å². The molecule has 90 valence electrons. The van der Waals surface area contributed by atoms with Gasteiger partial charge in [-0.2, -0.15) is 0 Å². The van der Waals surface area contributed by atoms with Crippen molar-refractivity contribution in [3.05, 3.63) is 30.6 Å². The fourth-order valence-electron chi connectivity index (χ4n) is 1.66. The summed E-state index contributed by atoms with van der Waals surface area (Å²) in [5.41, 5.74) is 4.64. The molecule has 1 aromatic carbocycles. The van der Waals surface area contributed by atoms with Gasteiger partial charge in [0, 0.05) is 6.42 Å². The average Bonchev–Trinajstić information content (AvgIpc) is 2.70. The van der Waals surface area contributed by atoms with Crippen molar-refractivity contribution >= 4 is 16.9 Å². The first kappa shape index (κ1) is 11.6. The van der Waals surface area contributed by atoms with Crippen LogP contribution in [-0.2, 0) is 4.79 Å². The average molecular weight is 231 g/mol. The van der Waals surface area contributed by atoms with Crippen LogP contribution < -0.4 is 5.43 Å². The zero-order valence-electron chi connectivity index (χ0n) is 10.2. The largest absolute Gasteiger partial charge is 0.273 e. The predicted octanol–water partition coefficient (Wildman–Crippen LogP) is 2.54. The lowest BCUT2D eigenvalue weighted by Gasteiger charge is -2.08. The summed E-state index contributed by atoms with van der Waals surface area (Å²) >= 11 is 0. The molecule has 4 nitrogen and oxygen atoms in total. The van der Waals surface area contributed by atoms with E-state index in [1.165, 1.54) is 0 Å². The number of benzene rings is 1. The molecule has 1 aromatic heterocycles. The van der Waals surface area contributed by atoms with Crippen molar-refractivity contribution < 1.29 is 4.79 Å². The lowest BCUT2D eigenvalue weighted by Crippen LogP contribution is -2.22. The van der Waals surface area contributed by atoms with E-state index in [1.54, 1.807) is 11.0 Å². The first-order valence-corrected chi connectivity index (χ1v) is 5.89. The van der Waals surface area contributed by atoms with Crippen LogP contribution in [0.15, 0.2) is 30.6 Å². The predicted molar refractivity (Wildman–Crippen MR) is 68.2 cm³/mol. The van der Waals surface area contributed by atoms with E-state index in [2.05, 4.69) is 24.3 Å². The van der Waals surface area contributed by atoms with Gasteiger partial charge in [0.15, 0.2) is 0 Å². The zero-order chi connectivity index (χ0) is 12.3. The van der Waals surface area contributed by atoms with Crippen LogP contribution in [0.4, 0.5) is 0 Å². The number of hydrogen-bond acceptors (Lipinski definition) is 2. The quantitative estimate of drug-likeness (QED) is 0.879. The van der Waals surface area contributed by atoms with Crippen LogP contribution >= 0.6 is 0 Å². The van der Waals surface area contributed by atoms with Crippen molar-refractivity contribution in [3.8, 4) is 0 Å². The number of nitrogens with zero attached hydrogens (tertiary/aromatic N) is 2. The maximum absolute atomic E-state index is 11.7. The van der Waals surface area contributed by atoms with Crippen molar-refractivity contribution in [2.75, 3.05) is 5.43 Å². The van der Waals surface area contributed by atoms with Crippen LogP contribution in [0.3, 0.4) is 0 Å². The first-order chi connectivity index (χ1) is 8.16. The van der Waals surface area contributed by atoms with Gasteiger partial charge in [-0.15, -0.1) is 0 Å². The molecule has 0 aliphatic rings. The lowest BCUT2D eigenvalue weighted by molar-refractivity contribution is -0.117. The maximum atomic E-state index is 11.7. The van der Waals surface area contributed by atoms with Gasteiger partial charge in [-0.3, -0.25) is 10.2 Å². The Morgan fingerprint density at radius 2 is 2.18 bits per heavy atom. The highest BCUT2D eigenvalue weighted by Gasteiger charge is 2.06. The zero-order valence-corrected chi connectivity index (χ0v) is 10.2. The fraction of sp³-hybridized carbons (Fsp3) is 0.385. The summed E-state index contributed by atoms with van der Waals surface area (Å²) in [6, 6.07) is 7.72. The molecule has 0 unspecified atom stereocenters. The molecule has 0 aliphatic heterocycles. The number of rotatable bonds is 4. The minimum atomic E-state index is 0.0295. The number of hydrogen-bond donors (Lipinski definition) is 1. The number of amides is 1. The minimum Gasteiger partial charge on any atom is -0.273 e. The molecule has 2 aromatic rings. The molecule has 0 bridgehead atoms.